The molecule has 2 heterocycles. The molecular weight excluding hydrogens is 436 g/mol. The number of nitrogens with zero attached hydrogens (tertiary/aromatic N) is 2. The number of phenols is 1. The zero-order valence-electron chi connectivity index (χ0n) is 20.8. The number of ether oxygens (including phenoxy) is 1. The van der Waals surface area contributed by atoms with E-state index in [1.807, 2.05) is 43.3 Å². The molecule has 1 aliphatic heterocycles. The van der Waals surface area contributed by atoms with E-state index in [0.29, 0.717) is 13.2 Å². The Morgan fingerprint density at radius 1 is 1.06 bits per heavy atom. The zero-order chi connectivity index (χ0) is 24.8. The first-order chi connectivity index (χ1) is 17.0. The number of benzene rings is 2. The molecule has 1 saturated heterocycles. The molecule has 2 aromatic carbocycles. The molecule has 0 spiro atoms. The van der Waals surface area contributed by atoms with Crippen molar-refractivity contribution in [2.75, 3.05) is 26.2 Å². The summed E-state index contributed by atoms with van der Waals surface area (Å²) in [5.74, 6) is 1.15. The smallest absolute Gasteiger partial charge is 0.119 e. The molecule has 0 atom stereocenters. The molecule has 0 saturated carbocycles. The Kier molecular flexibility index (Phi) is 7.98. The Labute approximate surface area is 208 Å². The monoisotopic (exact) mass is 472 g/mol. The van der Waals surface area contributed by atoms with Gasteiger partial charge in [0, 0.05) is 24.0 Å². The van der Waals surface area contributed by atoms with E-state index in [1.54, 1.807) is 12.1 Å². The van der Waals surface area contributed by atoms with Crippen LogP contribution in [0.25, 0.3) is 16.5 Å². The molecule has 0 unspecified atom stereocenters. The average molecular weight is 473 g/mol. The van der Waals surface area contributed by atoms with E-state index in [2.05, 4.69) is 35.1 Å². The summed E-state index contributed by atoms with van der Waals surface area (Å²) in [6.07, 6.45) is 9.44. The summed E-state index contributed by atoms with van der Waals surface area (Å²) in [7, 11) is 0. The third kappa shape index (κ3) is 5.98. The van der Waals surface area contributed by atoms with E-state index in [4.69, 9.17) is 4.74 Å². The van der Waals surface area contributed by atoms with Crippen molar-refractivity contribution in [3.63, 3.8) is 0 Å². The van der Waals surface area contributed by atoms with Gasteiger partial charge in [-0.1, -0.05) is 31.2 Å². The maximum absolute atomic E-state index is 10.1. The van der Waals surface area contributed by atoms with Gasteiger partial charge in [-0.15, -0.1) is 0 Å². The molecule has 184 valence electrons. The lowest BCUT2D eigenvalue weighted by molar-refractivity contribution is 0.183. The minimum atomic E-state index is 0.0122. The number of rotatable bonds is 9. The second kappa shape index (κ2) is 11.3. The third-order valence-corrected chi connectivity index (χ3v) is 6.73. The van der Waals surface area contributed by atoms with Crippen LogP contribution in [0.2, 0.25) is 0 Å². The molecular formula is C30H36N2O3. The predicted octanol–water partition coefficient (Wildman–Crippen LogP) is 6.60. The summed E-state index contributed by atoms with van der Waals surface area (Å²) in [5, 5.41) is 20.7. The number of aryl methyl sites for hydroxylation is 1. The van der Waals surface area contributed by atoms with Crippen LogP contribution in [0.3, 0.4) is 0 Å². The number of piperidine rings is 1. The molecule has 0 aliphatic carbocycles. The maximum atomic E-state index is 10.1. The van der Waals surface area contributed by atoms with Crippen molar-refractivity contribution in [3.05, 3.63) is 89.9 Å². The van der Waals surface area contributed by atoms with E-state index in [0.717, 1.165) is 45.6 Å². The van der Waals surface area contributed by atoms with Crippen LogP contribution in [0.4, 0.5) is 0 Å². The van der Waals surface area contributed by atoms with E-state index >= 15 is 0 Å². The van der Waals surface area contributed by atoms with Gasteiger partial charge in [-0.05, 0) is 99.0 Å². The van der Waals surface area contributed by atoms with Gasteiger partial charge in [0.2, 0.25) is 0 Å². The highest BCUT2D eigenvalue weighted by Gasteiger charge is 2.17. The molecule has 1 fully saturated rings. The van der Waals surface area contributed by atoms with Crippen LogP contribution in [-0.2, 0) is 6.54 Å². The van der Waals surface area contributed by atoms with E-state index in [-0.39, 0.29) is 11.5 Å². The molecule has 5 heteroatoms. The van der Waals surface area contributed by atoms with Gasteiger partial charge in [0.1, 0.15) is 23.9 Å². The Morgan fingerprint density at radius 3 is 2.49 bits per heavy atom. The maximum Gasteiger partial charge on any atom is 0.119 e. The Balaban J connectivity index is 1.56. The SMILES string of the molecule is C=C(O)/C=C\C(=C/C)c1c(C)c2cc(O)ccc2n1Cc1ccc(OCCN2CCCCC2)cc1. The van der Waals surface area contributed by atoms with Gasteiger partial charge in [-0.3, -0.25) is 4.90 Å². The summed E-state index contributed by atoms with van der Waals surface area (Å²) in [5.41, 5.74) is 5.31. The van der Waals surface area contributed by atoms with Crippen molar-refractivity contribution >= 4 is 16.5 Å². The Hall–Kier alpha value is -3.44. The number of likely N-dealkylation sites (tertiary alicyclic amines) is 1. The fourth-order valence-electron chi connectivity index (χ4n) is 4.89. The van der Waals surface area contributed by atoms with Gasteiger partial charge in [0.05, 0.1) is 5.69 Å². The van der Waals surface area contributed by atoms with Crippen molar-refractivity contribution < 1.29 is 14.9 Å². The van der Waals surface area contributed by atoms with E-state index in [1.165, 1.54) is 32.4 Å². The number of aromatic nitrogens is 1. The van der Waals surface area contributed by atoms with Gasteiger partial charge in [-0.25, -0.2) is 0 Å². The first-order valence-electron chi connectivity index (χ1n) is 12.4. The summed E-state index contributed by atoms with van der Waals surface area (Å²) in [6, 6.07) is 13.8. The summed E-state index contributed by atoms with van der Waals surface area (Å²) >= 11 is 0. The van der Waals surface area contributed by atoms with Crippen molar-refractivity contribution in [2.45, 2.75) is 39.7 Å². The van der Waals surface area contributed by atoms with Crippen molar-refractivity contribution in [2.24, 2.45) is 0 Å². The molecule has 1 aliphatic rings. The van der Waals surface area contributed by atoms with Crippen LogP contribution in [0.5, 0.6) is 11.5 Å². The number of hydrogen-bond donors (Lipinski definition) is 2. The highest BCUT2D eigenvalue weighted by atomic mass is 16.5. The zero-order valence-corrected chi connectivity index (χ0v) is 20.8. The minimum absolute atomic E-state index is 0.0122. The lowest BCUT2D eigenvalue weighted by Gasteiger charge is -2.26. The molecule has 4 rings (SSSR count). The van der Waals surface area contributed by atoms with Crippen LogP contribution in [0.15, 0.2) is 73.0 Å². The normalized spacial score (nSPS) is 15.2. The summed E-state index contributed by atoms with van der Waals surface area (Å²) in [4.78, 5) is 2.48. The number of hydrogen-bond acceptors (Lipinski definition) is 4. The fourth-order valence-corrected chi connectivity index (χ4v) is 4.89. The second-order valence-electron chi connectivity index (χ2n) is 9.22. The van der Waals surface area contributed by atoms with E-state index in [9.17, 15) is 10.2 Å². The lowest BCUT2D eigenvalue weighted by Crippen LogP contribution is -2.33. The standard InChI is InChI=1S/C30H36N2O3/c1-4-25(11-8-22(2)33)30-23(3)28-20-26(34)12-15-29(28)32(30)21-24-9-13-27(14-10-24)35-19-18-31-16-6-5-7-17-31/h4,8-15,20,33-34H,2,5-7,16-19,21H2,1,3H3/b11-8-,25-4+. The molecule has 3 aromatic rings. The molecule has 0 amide bonds. The number of fused-ring (bicyclic) bond motifs is 1. The molecule has 35 heavy (non-hydrogen) atoms. The minimum Gasteiger partial charge on any atom is -0.509 e. The summed E-state index contributed by atoms with van der Waals surface area (Å²) < 4.78 is 8.27. The largest absolute Gasteiger partial charge is 0.509 e. The third-order valence-electron chi connectivity index (χ3n) is 6.73. The molecule has 0 radical (unpaired) electrons. The number of allylic oxidation sites excluding steroid dienone is 4. The summed E-state index contributed by atoms with van der Waals surface area (Å²) in [6.45, 7) is 12.3. The van der Waals surface area contributed by atoms with Crippen molar-refractivity contribution in [3.8, 4) is 11.5 Å². The number of aliphatic hydroxyl groups excluding tert-OH is 1. The highest BCUT2D eigenvalue weighted by molar-refractivity contribution is 5.92. The van der Waals surface area contributed by atoms with Gasteiger partial charge >= 0.3 is 0 Å². The van der Waals surface area contributed by atoms with Crippen LogP contribution >= 0.6 is 0 Å². The fraction of sp³-hybridized carbons (Fsp3) is 0.333. The van der Waals surface area contributed by atoms with Crippen LogP contribution < -0.4 is 4.74 Å². The Bertz CT molecular complexity index is 1230. The van der Waals surface area contributed by atoms with Gasteiger partial charge in [0.15, 0.2) is 0 Å². The average Bonchev–Trinajstić information content (AvgIpc) is 3.12. The van der Waals surface area contributed by atoms with Gasteiger partial charge < -0.3 is 19.5 Å². The Morgan fingerprint density at radius 2 is 1.80 bits per heavy atom. The molecule has 1 aromatic heterocycles. The quantitative estimate of drug-likeness (QED) is 0.272. The number of phenolic OH excluding ortho intramolecular Hbond substituents is 1. The van der Waals surface area contributed by atoms with E-state index < -0.39 is 0 Å². The second-order valence-corrected chi connectivity index (χ2v) is 9.22. The molecule has 2 N–H and O–H groups in total. The molecule has 5 nitrogen and oxygen atoms in total. The first kappa shape index (κ1) is 24.7. The topological polar surface area (TPSA) is 57.9 Å². The van der Waals surface area contributed by atoms with Gasteiger partial charge in [-0.2, -0.15) is 0 Å². The van der Waals surface area contributed by atoms with Crippen molar-refractivity contribution in [1.82, 2.24) is 9.47 Å². The van der Waals surface area contributed by atoms with Crippen LogP contribution in [-0.4, -0.2) is 45.9 Å². The van der Waals surface area contributed by atoms with Gasteiger partial charge in [0.25, 0.3) is 0 Å². The predicted molar refractivity (Wildman–Crippen MR) is 144 cm³/mol. The van der Waals surface area contributed by atoms with Crippen LogP contribution in [0, 0.1) is 6.92 Å². The first-order valence-corrected chi connectivity index (χ1v) is 12.4. The highest BCUT2D eigenvalue weighted by Crippen LogP contribution is 2.34. The molecule has 0 bridgehead atoms. The number of aliphatic hydroxyl groups is 1. The lowest BCUT2D eigenvalue weighted by atomic mass is 10.1. The number of aromatic hydroxyl groups is 1. The van der Waals surface area contributed by atoms with Crippen molar-refractivity contribution in [1.29, 1.82) is 0 Å². The van der Waals surface area contributed by atoms with Crippen LogP contribution in [0.1, 0.15) is 43.0 Å².